The maximum Gasteiger partial charge on any atom is 0.217 e. The van der Waals surface area contributed by atoms with Crippen LogP contribution in [0.25, 0.3) is 0 Å². The molecular formula is C11H18N4O2S2. The first-order valence-corrected chi connectivity index (χ1v) is 8.78. The highest BCUT2D eigenvalue weighted by molar-refractivity contribution is 7.90. The van der Waals surface area contributed by atoms with E-state index >= 15 is 0 Å². The fourth-order valence-corrected chi connectivity index (χ4v) is 4.93. The molecule has 3 rings (SSSR count). The monoisotopic (exact) mass is 302 g/mol. The van der Waals surface area contributed by atoms with Gasteiger partial charge in [0.05, 0.1) is 5.25 Å². The van der Waals surface area contributed by atoms with Crippen molar-refractivity contribution in [3.05, 3.63) is 5.82 Å². The first-order valence-electron chi connectivity index (χ1n) is 6.50. The summed E-state index contributed by atoms with van der Waals surface area (Å²) >= 11 is 1.38. The van der Waals surface area contributed by atoms with Crippen LogP contribution in [0.15, 0.2) is 0 Å². The average molecular weight is 302 g/mol. The van der Waals surface area contributed by atoms with Crippen LogP contribution in [0.2, 0.25) is 0 Å². The first-order chi connectivity index (χ1) is 8.98. The molecule has 2 aliphatic rings. The van der Waals surface area contributed by atoms with Crippen LogP contribution in [0.3, 0.4) is 0 Å². The van der Waals surface area contributed by atoms with Crippen molar-refractivity contribution in [2.24, 2.45) is 0 Å². The number of aryl methyl sites for hydroxylation is 1. The molecule has 2 fully saturated rings. The van der Waals surface area contributed by atoms with Crippen molar-refractivity contribution >= 4 is 26.7 Å². The van der Waals surface area contributed by atoms with Gasteiger partial charge in [-0.1, -0.05) is 0 Å². The van der Waals surface area contributed by atoms with Gasteiger partial charge < -0.3 is 4.90 Å². The van der Waals surface area contributed by atoms with Crippen LogP contribution in [0, 0.1) is 6.92 Å². The lowest BCUT2D eigenvalue weighted by Gasteiger charge is -2.24. The molecule has 106 valence electrons. The quantitative estimate of drug-likeness (QED) is 0.825. The Balaban J connectivity index is 1.68. The SMILES string of the molecule is Cc1nsc(N2CCC(N(C)S(=O)(=O)C3CC3)C2)n1. The Morgan fingerprint density at radius 2 is 2.11 bits per heavy atom. The highest BCUT2D eigenvalue weighted by Crippen LogP contribution is 2.33. The van der Waals surface area contributed by atoms with E-state index in [2.05, 4.69) is 14.3 Å². The molecule has 1 unspecified atom stereocenters. The highest BCUT2D eigenvalue weighted by atomic mass is 32.2. The summed E-state index contributed by atoms with van der Waals surface area (Å²) in [7, 11) is -1.36. The maximum atomic E-state index is 12.2. The molecule has 0 amide bonds. The molecule has 19 heavy (non-hydrogen) atoms. The van der Waals surface area contributed by atoms with Gasteiger partial charge in [-0.25, -0.2) is 13.4 Å². The van der Waals surface area contributed by atoms with Crippen LogP contribution < -0.4 is 4.90 Å². The Bertz CT molecular complexity index is 567. The average Bonchev–Trinajstić information content (AvgIpc) is 2.98. The lowest BCUT2D eigenvalue weighted by molar-refractivity contribution is 0.389. The molecule has 1 aromatic heterocycles. The van der Waals surface area contributed by atoms with Gasteiger partial charge in [0.25, 0.3) is 0 Å². The summed E-state index contributed by atoms with van der Waals surface area (Å²) in [5.74, 6) is 0.780. The van der Waals surface area contributed by atoms with Crippen LogP contribution in [0.5, 0.6) is 0 Å². The number of hydrogen-bond acceptors (Lipinski definition) is 6. The maximum absolute atomic E-state index is 12.2. The highest BCUT2D eigenvalue weighted by Gasteiger charge is 2.42. The molecular weight excluding hydrogens is 284 g/mol. The van der Waals surface area contributed by atoms with E-state index < -0.39 is 10.0 Å². The summed E-state index contributed by atoms with van der Waals surface area (Å²) in [5, 5.41) is 0.771. The Morgan fingerprint density at radius 1 is 1.37 bits per heavy atom. The lowest BCUT2D eigenvalue weighted by Crippen LogP contribution is -2.40. The third kappa shape index (κ3) is 2.48. The van der Waals surface area contributed by atoms with Gasteiger partial charge in [0, 0.05) is 37.7 Å². The summed E-state index contributed by atoms with van der Waals surface area (Å²) in [4.78, 5) is 6.49. The molecule has 0 N–H and O–H groups in total. The normalized spacial score (nSPS) is 24.4. The zero-order valence-electron chi connectivity index (χ0n) is 11.1. The van der Waals surface area contributed by atoms with E-state index in [4.69, 9.17) is 0 Å². The van der Waals surface area contributed by atoms with E-state index in [0.717, 1.165) is 43.3 Å². The van der Waals surface area contributed by atoms with Crippen LogP contribution in [-0.2, 0) is 10.0 Å². The molecule has 1 atom stereocenters. The van der Waals surface area contributed by atoms with Crippen molar-refractivity contribution in [2.75, 3.05) is 25.0 Å². The van der Waals surface area contributed by atoms with Crippen molar-refractivity contribution in [3.8, 4) is 0 Å². The predicted molar refractivity (Wildman–Crippen MR) is 75.0 cm³/mol. The second-order valence-electron chi connectivity index (χ2n) is 5.27. The van der Waals surface area contributed by atoms with Crippen molar-refractivity contribution < 1.29 is 8.42 Å². The molecule has 0 bridgehead atoms. The van der Waals surface area contributed by atoms with Gasteiger partial charge in [-0.15, -0.1) is 0 Å². The zero-order chi connectivity index (χ0) is 13.6. The number of nitrogens with zero attached hydrogens (tertiary/aromatic N) is 4. The van der Waals surface area contributed by atoms with Gasteiger partial charge in [0.15, 0.2) is 0 Å². The molecule has 1 saturated heterocycles. The van der Waals surface area contributed by atoms with Gasteiger partial charge in [-0.05, 0) is 26.2 Å². The second kappa shape index (κ2) is 4.68. The molecule has 2 heterocycles. The number of sulfonamides is 1. The van der Waals surface area contributed by atoms with Gasteiger partial charge >= 0.3 is 0 Å². The molecule has 1 aliphatic carbocycles. The van der Waals surface area contributed by atoms with Gasteiger partial charge in [0.1, 0.15) is 5.82 Å². The fraction of sp³-hybridized carbons (Fsp3) is 0.818. The minimum absolute atomic E-state index is 0.0646. The van der Waals surface area contributed by atoms with Crippen LogP contribution in [0.1, 0.15) is 25.1 Å². The van der Waals surface area contributed by atoms with E-state index in [9.17, 15) is 8.42 Å². The van der Waals surface area contributed by atoms with E-state index in [0.29, 0.717) is 0 Å². The molecule has 0 aromatic carbocycles. The summed E-state index contributed by atoms with van der Waals surface area (Å²) in [6.45, 7) is 3.44. The lowest BCUT2D eigenvalue weighted by atomic mass is 10.3. The Hall–Kier alpha value is -0.730. The summed E-state index contributed by atoms with van der Waals surface area (Å²) in [6.07, 6.45) is 2.50. The Kier molecular flexibility index (Phi) is 3.26. The Morgan fingerprint density at radius 3 is 2.68 bits per heavy atom. The van der Waals surface area contributed by atoms with Crippen molar-refractivity contribution in [3.63, 3.8) is 0 Å². The van der Waals surface area contributed by atoms with Gasteiger partial charge in [-0.2, -0.15) is 8.68 Å². The van der Waals surface area contributed by atoms with E-state index in [1.165, 1.54) is 11.5 Å². The second-order valence-corrected chi connectivity index (χ2v) is 8.28. The molecule has 0 radical (unpaired) electrons. The third-order valence-corrected chi connectivity index (χ3v) is 7.10. The first kappa shape index (κ1) is 13.3. The molecule has 1 aromatic rings. The smallest absolute Gasteiger partial charge is 0.217 e. The fourth-order valence-electron chi connectivity index (χ4n) is 2.44. The number of likely N-dealkylation sites (N-methyl/N-ethyl adjacent to an activating group) is 1. The van der Waals surface area contributed by atoms with Gasteiger partial charge in [-0.3, -0.25) is 0 Å². The Labute approximate surface area is 117 Å². The van der Waals surface area contributed by atoms with E-state index in [-0.39, 0.29) is 11.3 Å². The number of hydrogen-bond donors (Lipinski definition) is 0. The third-order valence-electron chi connectivity index (χ3n) is 3.81. The largest absolute Gasteiger partial charge is 0.345 e. The van der Waals surface area contributed by atoms with E-state index in [1.807, 2.05) is 6.92 Å². The number of aromatic nitrogens is 2. The number of anilines is 1. The van der Waals surface area contributed by atoms with Crippen molar-refractivity contribution in [2.45, 2.75) is 37.5 Å². The zero-order valence-corrected chi connectivity index (χ0v) is 12.7. The topological polar surface area (TPSA) is 66.4 Å². The van der Waals surface area contributed by atoms with Crippen LogP contribution in [-0.4, -0.2) is 53.5 Å². The van der Waals surface area contributed by atoms with Crippen molar-refractivity contribution in [1.29, 1.82) is 0 Å². The molecule has 8 heteroatoms. The standard InChI is InChI=1S/C11H18N4O2S2/c1-8-12-11(18-13-8)15-6-5-9(7-15)14(2)19(16,17)10-3-4-10/h9-10H,3-7H2,1-2H3. The van der Waals surface area contributed by atoms with Crippen LogP contribution in [0.4, 0.5) is 5.13 Å². The summed E-state index contributed by atoms with van der Waals surface area (Å²) in [6, 6.07) is 0.0646. The summed E-state index contributed by atoms with van der Waals surface area (Å²) in [5.41, 5.74) is 0. The van der Waals surface area contributed by atoms with Gasteiger partial charge in [0.2, 0.25) is 15.2 Å². The predicted octanol–water partition coefficient (Wildman–Crippen LogP) is 0.849. The molecule has 1 aliphatic heterocycles. The summed E-state index contributed by atoms with van der Waals surface area (Å²) < 4.78 is 30.2. The van der Waals surface area contributed by atoms with Crippen LogP contribution >= 0.6 is 11.5 Å². The van der Waals surface area contributed by atoms with E-state index in [1.54, 1.807) is 11.4 Å². The molecule has 6 nitrogen and oxygen atoms in total. The van der Waals surface area contributed by atoms with Crippen molar-refractivity contribution in [1.82, 2.24) is 13.7 Å². The molecule has 0 spiro atoms. The molecule has 1 saturated carbocycles. The minimum Gasteiger partial charge on any atom is -0.345 e. The minimum atomic E-state index is -3.08. The number of rotatable bonds is 4.